The van der Waals surface area contributed by atoms with Gasteiger partial charge in [-0.2, -0.15) is 0 Å². The number of likely N-dealkylation sites (tertiary alicyclic amines) is 1. The van der Waals surface area contributed by atoms with Gasteiger partial charge in [-0.1, -0.05) is 18.2 Å². The molecule has 1 saturated heterocycles. The lowest BCUT2D eigenvalue weighted by molar-refractivity contribution is -0.127. The van der Waals surface area contributed by atoms with Crippen LogP contribution >= 0.6 is 0 Å². The Kier molecular flexibility index (Phi) is 6.13. The van der Waals surface area contributed by atoms with E-state index in [-0.39, 0.29) is 24.6 Å². The van der Waals surface area contributed by atoms with E-state index in [1.807, 2.05) is 6.92 Å². The Bertz CT molecular complexity index is 594. The third kappa shape index (κ3) is 4.42. The summed E-state index contributed by atoms with van der Waals surface area (Å²) in [5.74, 6) is 0.508. The van der Waals surface area contributed by atoms with Gasteiger partial charge in [0.2, 0.25) is 5.91 Å². The van der Waals surface area contributed by atoms with Crippen LogP contribution in [0.15, 0.2) is 18.2 Å². The van der Waals surface area contributed by atoms with Crippen molar-refractivity contribution in [2.24, 2.45) is 5.92 Å². The van der Waals surface area contributed by atoms with Crippen molar-refractivity contribution >= 4 is 5.91 Å². The van der Waals surface area contributed by atoms with Crippen LogP contribution in [0.3, 0.4) is 0 Å². The van der Waals surface area contributed by atoms with E-state index in [2.05, 4.69) is 35.3 Å². The van der Waals surface area contributed by atoms with Gasteiger partial charge in [0.05, 0.1) is 12.1 Å². The number of nitrogens with zero attached hydrogens (tertiary/aromatic N) is 1. The highest BCUT2D eigenvalue weighted by molar-refractivity contribution is 5.81. The first-order valence-electron chi connectivity index (χ1n) is 9.85. The molecule has 1 aliphatic carbocycles. The van der Waals surface area contributed by atoms with Gasteiger partial charge in [-0.15, -0.1) is 0 Å². The standard InChI is InChI=1S/C21H32N2O2/c1-15(19-8-7-18-5-3-4-6-20(18)13-19)22-21(25)16(2)23-11-9-17(14-24)10-12-23/h7-8,13,15-17,24H,3-6,9-12,14H2,1-2H3,(H,22,25). The number of carbonyl (C=O) groups is 1. The number of aliphatic hydroxyl groups excluding tert-OH is 1. The van der Waals surface area contributed by atoms with Crippen molar-refractivity contribution in [3.63, 3.8) is 0 Å². The van der Waals surface area contributed by atoms with Crippen molar-refractivity contribution in [2.75, 3.05) is 19.7 Å². The maximum absolute atomic E-state index is 12.7. The minimum atomic E-state index is -0.111. The van der Waals surface area contributed by atoms with Crippen LogP contribution in [0.4, 0.5) is 0 Å². The number of nitrogens with one attached hydrogen (secondary N) is 1. The SMILES string of the molecule is CC(NC(=O)C(C)N1CCC(CO)CC1)c1ccc2c(c1)CCCC2. The van der Waals surface area contributed by atoms with Gasteiger partial charge in [0, 0.05) is 6.61 Å². The maximum Gasteiger partial charge on any atom is 0.237 e. The summed E-state index contributed by atoms with van der Waals surface area (Å²) in [6.07, 6.45) is 6.89. The number of aliphatic hydroxyl groups is 1. The molecule has 1 heterocycles. The summed E-state index contributed by atoms with van der Waals surface area (Å²) in [5.41, 5.74) is 4.15. The molecule has 0 spiro atoms. The first kappa shape index (κ1) is 18.4. The highest BCUT2D eigenvalue weighted by Crippen LogP contribution is 2.25. The molecule has 4 nitrogen and oxygen atoms in total. The molecule has 1 aliphatic heterocycles. The number of piperidine rings is 1. The molecule has 2 aliphatic rings. The Hall–Kier alpha value is -1.39. The monoisotopic (exact) mass is 344 g/mol. The summed E-state index contributed by atoms with van der Waals surface area (Å²) < 4.78 is 0. The fourth-order valence-electron chi connectivity index (χ4n) is 4.13. The highest BCUT2D eigenvalue weighted by atomic mass is 16.3. The van der Waals surface area contributed by atoms with Crippen molar-refractivity contribution in [1.29, 1.82) is 0 Å². The zero-order valence-corrected chi connectivity index (χ0v) is 15.6. The first-order chi connectivity index (χ1) is 12.1. The lowest BCUT2D eigenvalue weighted by Gasteiger charge is -2.35. The van der Waals surface area contributed by atoms with Crippen molar-refractivity contribution in [1.82, 2.24) is 10.2 Å². The molecule has 1 amide bonds. The first-order valence-corrected chi connectivity index (χ1v) is 9.85. The molecule has 2 N–H and O–H groups in total. The van der Waals surface area contributed by atoms with Crippen LogP contribution in [-0.2, 0) is 17.6 Å². The van der Waals surface area contributed by atoms with Gasteiger partial charge in [-0.3, -0.25) is 9.69 Å². The molecule has 1 aromatic carbocycles. The van der Waals surface area contributed by atoms with Gasteiger partial charge in [-0.25, -0.2) is 0 Å². The summed E-state index contributed by atoms with van der Waals surface area (Å²) in [6.45, 7) is 6.13. The molecule has 2 unspecified atom stereocenters. The average Bonchev–Trinajstić information content (AvgIpc) is 2.67. The second-order valence-corrected chi connectivity index (χ2v) is 7.80. The molecule has 0 aromatic heterocycles. The number of hydrogen-bond acceptors (Lipinski definition) is 3. The van der Waals surface area contributed by atoms with Gasteiger partial charge in [0.25, 0.3) is 0 Å². The number of carbonyl (C=O) groups excluding carboxylic acids is 1. The van der Waals surface area contributed by atoms with E-state index in [1.165, 1.54) is 42.4 Å². The van der Waals surface area contributed by atoms with E-state index >= 15 is 0 Å². The van der Waals surface area contributed by atoms with Crippen molar-refractivity contribution in [3.8, 4) is 0 Å². The fraction of sp³-hybridized carbons (Fsp3) is 0.667. The molecule has 3 rings (SSSR count). The Balaban J connectivity index is 1.57. The fourth-order valence-corrected chi connectivity index (χ4v) is 4.13. The van der Waals surface area contributed by atoms with Crippen LogP contribution in [0, 0.1) is 5.92 Å². The quantitative estimate of drug-likeness (QED) is 0.864. The van der Waals surface area contributed by atoms with E-state index in [9.17, 15) is 9.90 Å². The van der Waals surface area contributed by atoms with Gasteiger partial charge >= 0.3 is 0 Å². The summed E-state index contributed by atoms with van der Waals surface area (Å²) >= 11 is 0. The molecular weight excluding hydrogens is 312 g/mol. The molecule has 0 saturated carbocycles. The van der Waals surface area contributed by atoms with E-state index in [1.54, 1.807) is 0 Å². The predicted molar refractivity (Wildman–Crippen MR) is 100 cm³/mol. The zero-order chi connectivity index (χ0) is 17.8. The minimum Gasteiger partial charge on any atom is -0.396 e. The van der Waals surface area contributed by atoms with Gasteiger partial charge in [-0.05, 0) is 88.1 Å². The third-order valence-corrected chi connectivity index (χ3v) is 6.07. The molecule has 2 atom stereocenters. The maximum atomic E-state index is 12.7. The van der Waals surface area contributed by atoms with Gasteiger partial charge < -0.3 is 10.4 Å². The second-order valence-electron chi connectivity index (χ2n) is 7.80. The Labute approximate surface area is 151 Å². The zero-order valence-electron chi connectivity index (χ0n) is 15.6. The Morgan fingerprint density at radius 3 is 2.56 bits per heavy atom. The highest BCUT2D eigenvalue weighted by Gasteiger charge is 2.27. The minimum absolute atomic E-state index is 0.0390. The van der Waals surface area contributed by atoms with Crippen LogP contribution in [0.25, 0.3) is 0 Å². The van der Waals surface area contributed by atoms with Crippen LogP contribution in [0.1, 0.15) is 62.3 Å². The van der Waals surface area contributed by atoms with Gasteiger partial charge in [0.1, 0.15) is 0 Å². The van der Waals surface area contributed by atoms with E-state index in [0.29, 0.717) is 5.92 Å². The summed E-state index contributed by atoms with van der Waals surface area (Å²) in [6, 6.07) is 6.63. The van der Waals surface area contributed by atoms with Crippen molar-refractivity contribution in [2.45, 2.75) is 64.5 Å². The third-order valence-electron chi connectivity index (χ3n) is 6.07. The number of aryl methyl sites for hydroxylation is 2. The van der Waals surface area contributed by atoms with Crippen LogP contribution in [0.2, 0.25) is 0 Å². The largest absolute Gasteiger partial charge is 0.396 e. The molecular formula is C21H32N2O2. The van der Waals surface area contributed by atoms with E-state index < -0.39 is 0 Å². The summed E-state index contributed by atoms with van der Waals surface area (Å²) in [7, 11) is 0. The normalized spacial score (nSPS) is 21.4. The number of benzene rings is 1. The lowest BCUT2D eigenvalue weighted by Crippen LogP contribution is -2.49. The number of rotatable bonds is 5. The summed E-state index contributed by atoms with van der Waals surface area (Å²) in [4.78, 5) is 14.9. The average molecular weight is 344 g/mol. The molecule has 138 valence electrons. The molecule has 25 heavy (non-hydrogen) atoms. The molecule has 1 aromatic rings. The van der Waals surface area contributed by atoms with Crippen molar-refractivity contribution < 1.29 is 9.90 Å². The van der Waals surface area contributed by atoms with Crippen LogP contribution in [0.5, 0.6) is 0 Å². The number of hydrogen-bond donors (Lipinski definition) is 2. The van der Waals surface area contributed by atoms with Gasteiger partial charge in [0.15, 0.2) is 0 Å². The Morgan fingerprint density at radius 1 is 1.20 bits per heavy atom. The second kappa shape index (κ2) is 8.33. The lowest BCUT2D eigenvalue weighted by atomic mass is 9.89. The number of fused-ring (bicyclic) bond motifs is 1. The topological polar surface area (TPSA) is 52.6 Å². The molecule has 0 radical (unpaired) electrons. The van der Waals surface area contributed by atoms with Crippen LogP contribution < -0.4 is 5.32 Å². The molecule has 4 heteroatoms. The number of amides is 1. The van der Waals surface area contributed by atoms with Crippen molar-refractivity contribution in [3.05, 3.63) is 34.9 Å². The molecule has 0 bridgehead atoms. The Morgan fingerprint density at radius 2 is 1.88 bits per heavy atom. The summed E-state index contributed by atoms with van der Waals surface area (Å²) in [5, 5.41) is 12.5. The van der Waals surface area contributed by atoms with Crippen LogP contribution in [-0.4, -0.2) is 41.7 Å². The molecule has 1 fully saturated rings. The smallest absolute Gasteiger partial charge is 0.237 e. The van der Waals surface area contributed by atoms with E-state index in [0.717, 1.165) is 25.9 Å². The predicted octanol–water partition coefficient (Wildman–Crippen LogP) is 2.84. The van der Waals surface area contributed by atoms with E-state index in [4.69, 9.17) is 0 Å².